The van der Waals surface area contributed by atoms with Crippen LogP contribution in [0.4, 0.5) is 4.39 Å². The van der Waals surface area contributed by atoms with Crippen molar-refractivity contribution < 1.29 is 14.2 Å². The lowest BCUT2D eigenvalue weighted by Gasteiger charge is -2.24. The Morgan fingerprint density at radius 3 is 2.76 bits per heavy atom. The van der Waals surface area contributed by atoms with Gasteiger partial charge in [-0.2, -0.15) is 11.8 Å². The summed E-state index contributed by atoms with van der Waals surface area (Å²) in [5.74, 6) is 2.86. The molecule has 25 heavy (non-hydrogen) atoms. The van der Waals surface area contributed by atoms with Gasteiger partial charge in [-0.05, 0) is 43.4 Å². The minimum Gasteiger partial charge on any atom is -0.492 e. The van der Waals surface area contributed by atoms with Gasteiger partial charge < -0.3 is 20.1 Å². The summed E-state index contributed by atoms with van der Waals surface area (Å²) in [6, 6.07) is 5.99. The predicted octanol–water partition coefficient (Wildman–Crippen LogP) is 2.59. The average molecular weight is 483 g/mol. The van der Waals surface area contributed by atoms with Gasteiger partial charge in [0.25, 0.3) is 0 Å². The van der Waals surface area contributed by atoms with E-state index in [-0.39, 0.29) is 29.8 Å². The third-order valence-corrected chi connectivity index (χ3v) is 5.05. The van der Waals surface area contributed by atoms with Gasteiger partial charge in [-0.1, -0.05) is 0 Å². The van der Waals surface area contributed by atoms with Crippen LogP contribution in [0.1, 0.15) is 13.3 Å². The molecule has 1 unspecified atom stereocenters. The quantitative estimate of drug-likeness (QED) is 0.355. The zero-order chi connectivity index (χ0) is 17.4. The van der Waals surface area contributed by atoms with Gasteiger partial charge in [0.1, 0.15) is 18.2 Å². The highest BCUT2D eigenvalue weighted by atomic mass is 127. The van der Waals surface area contributed by atoms with Gasteiger partial charge in [0.05, 0.1) is 18.7 Å². The second-order valence-electron chi connectivity index (χ2n) is 5.92. The molecule has 1 aromatic carbocycles. The van der Waals surface area contributed by atoms with E-state index in [1.54, 1.807) is 23.9 Å². The Bertz CT molecular complexity index is 539. The van der Waals surface area contributed by atoms with E-state index in [4.69, 9.17) is 4.74 Å². The van der Waals surface area contributed by atoms with Crippen molar-refractivity contribution in [1.82, 2.24) is 10.2 Å². The van der Waals surface area contributed by atoms with Crippen LogP contribution in [-0.2, 0) is 0 Å². The second-order valence-corrected chi connectivity index (χ2v) is 7.03. The SMILES string of the molecule is CCNC(=NCC1(O)CCSC1)N(C)CCOc1ccc(F)cc1.I. The van der Waals surface area contributed by atoms with E-state index in [9.17, 15) is 9.50 Å². The van der Waals surface area contributed by atoms with E-state index in [0.29, 0.717) is 25.4 Å². The first-order chi connectivity index (χ1) is 11.5. The maximum Gasteiger partial charge on any atom is 0.193 e. The minimum absolute atomic E-state index is 0. The van der Waals surface area contributed by atoms with E-state index in [2.05, 4.69) is 10.3 Å². The first-order valence-corrected chi connectivity index (χ1v) is 9.36. The minimum atomic E-state index is -0.684. The van der Waals surface area contributed by atoms with Crippen LogP contribution >= 0.6 is 35.7 Å². The Labute approximate surface area is 170 Å². The van der Waals surface area contributed by atoms with Gasteiger partial charge >= 0.3 is 0 Å². The first-order valence-electron chi connectivity index (χ1n) is 8.20. The monoisotopic (exact) mass is 483 g/mol. The topological polar surface area (TPSA) is 57.1 Å². The molecule has 0 aromatic heterocycles. The first kappa shape index (κ1) is 22.3. The summed E-state index contributed by atoms with van der Waals surface area (Å²) in [6.45, 7) is 4.28. The van der Waals surface area contributed by atoms with Crippen LogP contribution in [0.2, 0.25) is 0 Å². The smallest absolute Gasteiger partial charge is 0.193 e. The maximum absolute atomic E-state index is 12.9. The summed E-state index contributed by atoms with van der Waals surface area (Å²) in [5.41, 5.74) is -0.684. The van der Waals surface area contributed by atoms with Crippen LogP contribution in [0.25, 0.3) is 0 Å². The van der Waals surface area contributed by atoms with Crippen LogP contribution in [0.5, 0.6) is 5.75 Å². The molecule has 0 radical (unpaired) electrons. The molecule has 0 amide bonds. The number of nitrogens with one attached hydrogen (secondary N) is 1. The fraction of sp³-hybridized carbons (Fsp3) is 0.588. The Balaban J connectivity index is 0.00000312. The number of ether oxygens (including phenoxy) is 1. The Morgan fingerprint density at radius 2 is 2.16 bits per heavy atom. The summed E-state index contributed by atoms with van der Waals surface area (Å²) < 4.78 is 18.5. The van der Waals surface area contributed by atoms with Gasteiger partial charge in [-0.15, -0.1) is 24.0 Å². The number of likely N-dealkylation sites (N-methyl/N-ethyl adjacent to an activating group) is 1. The molecule has 1 saturated heterocycles. The number of benzene rings is 1. The number of aliphatic hydroxyl groups is 1. The fourth-order valence-electron chi connectivity index (χ4n) is 2.35. The highest BCUT2D eigenvalue weighted by molar-refractivity contribution is 14.0. The molecule has 0 bridgehead atoms. The number of thioether (sulfide) groups is 1. The van der Waals surface area contributed by atoms with Gasteiger partial charge in [-0.25, -0.2) is 4.39 Å². The Morgan fingerprint density at radius 1 is 1.44 bits per heavy atom. The Kier molecular flexibility index (Phi) is 9.88. The van der Waals surface area contributed by atoms with Gasteiger partial charge in [0, 0.05) is 19.3 Å². The Hall–Kier alpha value is -0.740. The lowest BCUT2D eigenvalue weighted by atomic mass is 10.1. The van der Waals surface area contributed by atoms with Gasteiger partial charge in [0.2, 0.25) is 0 Å². The fourth-order valence-corrected chi connectivity index (χ4v) is 3.63. The summed E-state index contributed by atoms with van der Waals surface area (Å²) in [5, 5.41) is 13.6. The summed E-state index contributed by atoms with van der Waals surface area (Å²) in [6.07, 6.45) is 0.790. The highest BCUT2D eigenvalue weighted by Crippen LogP contribution is 2.27. The number of aliphatic imine (C=N–C) groups is 1. The van der Waals surface area contributed by atoms with Crippen LogP contribution in [0.15, 0.2) is 29.3 Å². The number of hydrogen-bond donors (Lipinski definition) is 2. The molecular weight excluding hydrogens is 456 g/mol. The third-order valence-electron chi connectivity index (χ3n) is 3.81. The molecule has 0 saturated carbocycles. The number of nitrogens with zero attached hydrogens (tertiary/aromatic N) is 2. The van der Waals surface area contributed by atoms with E-state index >= 15 is 0 Å². The van der Waals surface area contributed by atoms with Crippen molar-refractivity contribution >= 4 is 41.7 Å². The van der Waals surface area contributed by atoms with Crippen LogP contribution in [0.3, 0.4) is 0 Å². The molecule has 142 valence electrons. The van der Waals surface area contributed by atoms with Crippen molar-refractivity contribution in [1.29, 1.82) is 0 Å². The highest BCUT2D eigenvalue weighted by Gasteiger charge is 2.31. The average Bonchev–Trinajstić information content (AvgIpc) is 3.00. The van der Waals surface area contributed by atoms with Crippen molar-refractivity contribution in [3.63, 3.8) is 0 Å². The summed E-state index contributed by atoms with van der Waals surface area (Å²) >= 11 is 1.77. The molecule has 0 aliphatic carbocycles. The molecule has 1 aliphatic rings. The summed E-state index contributed by atoms with van der Waals surface area (Å²) in [7, 11) is 1.93. The van der Waals surface area contributed by atoms with Crippen LogP contribution in [0, 0.1) is 5.82 Å². The third kappa shape index (κ3) is 7.57. The van der Waals surface area contributed by atoms with Crippen molar-refractivity contribution in [3.05, 3.63) is 30.1 Å². The largest absolute Gasteiger partial charge is 0.492 e. The van der Waals surface area contributed by atoms with E-state index in [1.165, 1.54) is 12.1 Å². The number of guanidine groups is 1. The zero-order valence-corrected chi connectivity index (χ0v) is 17.9. The lowest BCUT2D eigenvalue weighted by Crippen LogP contribution is -2.42. The number of hydrogen-bond acceptors (Lipinski definition) is 4. The van der Waals surface area contributed by atoms with Crippen molar-refractivity contribution in [2.75, 3.05) is 44.8 Å². The molecular formula is C17H27FIN3O2S. The predicted molar refractivity (Wildman–Crippen MR) is 113 cm³/mol. The molecule has 0 spiro atoms. The van der Waals surface area contributed by atoms with Crippen LogP contribution < -0.4 is 10.1 Å². The maximum atomic E-state index is 12.9. The molecule has 5 nitrogen and oxygen atoms in total. The van der Waals surface area contributed by atoms with Crippen LogP contribution in [-0.4, -0.2) is 66.4 Å². The lowest BCUT2D eigenvalue weighted by molar-refractivity contribution is 0.0776. The molecule has 1 aromatic rings. The van der Waals surface area contributed by atoms with Crippen molar-refractivity contribution in [3.8, 4) is 5.75 Å². The van der Waals surface area contributed by atoms with E-state index < -0.39 is 5.60 Å². The van der Waals surface area contributed by atoms with Gasteiger partial charge in [0.15, 0.2) is 5.96 Å². The van der Waals surface area contributed by atoms with E-state index in [0.717, 1.165) is 30.4 Å². The standard InChI is InChI=1S/C17H26FN3O2S.HI/c1-3-19-16(20-12-17(22)8-11-24-13-17)21(2)9-10-23-15-6-4-14(18)5-7-15;/h4-7,22H,3,8-13H2,1-2H3,(H,19,20);1H. The van der Waals surface area contributed by atoms with Gasteiger partial charge in [-0.3, -0.25) is 4.99 Å². The molecule has 1 fully saturated rings. The van der Waals surface area contributed by atoms with Crippen molar-refractivity contribution in [2.24, 2.45) is 4.99 Å². The molecule has 1 heterocycles. The molecule has 8 heteroatoms. The molecule has 1 aliphatic heterocycles. The zero-order valence-electron chi connectivity index (χ0n) is 14.7. The number of rotatable bonds is 7. The second kappa shape index (κ2) is 11.1. The van der Waals surface area contributed by atoms with Crippen molar-refractivity contribution in [2.45, 2.75) is 18.9 Å². The normalized spacial score (nSPS) is 20.1. The molecule has 2 N–H and O–H groups in total. The molecule has 1 atom stereocenters. The molecule has 2 rings (SSSR count). The number of halogens is 2. The summed E-state index contributed by atoms with van der Waals surface area (Å²) in [4.78, 5) is 6.54. The van der Waals surface area contributed by atoms with E-state index in [1.807, 2.05) is 18.9 Å².